The molecule has 0 amide bonds. The smallest absolute Gasteiger partial charge is 0.319 e. The zero-order valence-electron chi connectivity index (χ0n) is 12.0. The summed E-state index contributed by atoms with van der Waals surface area (Å²) in [5.74, 6) is -0.198. The van der Waals surface area contributed by atoms with Crippen molar-refractivity contribution < 1.29 is 26.7 Å². The minimum Gasteiger partial charge on any atom is -0.319 e. The SMILES string of the molecule is CCCCCCCCC(=O)On1nc(C)cc1C.[Cu]. The third kappa shape index (κ3) is 7.38. The predicted octanol–water partition coefficient (Wildman–Crippen LogP) is 3.20. The van der Waals surface area contributed by atoms with E-state index in [-0.39, 0.29) is 23.0 Å². The van der Waals surface area contributed by atoms with E-state index in [4.69, 9.17) is 4.84 Å². The maximum Gasteiger partial charge on any atom is 0.334 e. The molecule has 1 heterocycles. The molecule has 0 bridgehead atoms. The van der Waals surface area contributed by atoms with E-state index in [0.29, 0.717) is 6.42 Å². The summed E-state index contributed by atoms with van der Waals surface area (Å²) in [5.41, 5.74) is 1.71. The molecule has 5 heteroatoms. The van der Waals surface area contributed by atoms with E-state index in [1.807, 2.05) is 19.9 Å². The average molecular weight is 316 g/mol. The molecule has 19 heavy (non-hydrogen) atoms. The summed E-state index contributed by atoms with van der Waals surface area (Å²) in [6.07, 6.45) is 7.50. The van der Waals surface area contributed by atoms with E-state index < -0.39 is 0 Å². The number of carbonyl (C=O) groups is 1. The maximum absolute atomic E-state index is 11.6. The van der Waals surface area contributed by atoms with Crippen molar-refractivity contribution in [1.29, 1.82) is 0 Å². The Morgan fingerprint density at radius 3 is 2.42 bits per heavy atom. The van der Waals surface area contributed by atoms with Crippen LogP contribution in [0.2, 0.25) is 0 Å². The number of nitrogens with zero attached hydrogens (tertiary/aromatic N) is 2. The van der Waals surface area contributed by atoms with Gasteiger partial charge in [-0.15, -0.1) is 5.10 Å². The van der Waals surface area contributed by atoms with Crippen LogP contribution in [0.4, 0.5) is 0 Å². The van der Waals surface area contributed by atoms with Crippen LogP contribution in [0, 0.1) is 13.8 Å². The average Bonchev–Trinajstić information content (AvgIpc) is 2.62. The Kier molecular flexibility index (Phi) is 9.62. The number of hydrogen-bond donors (Lipinski definition) is 0. The van der Waals surface area contributed by atoms with Gasteiger partial charge in [0.05, 0.1) is 11.4 Å². The van der Waals surface area contributed by atoms with Gasteiger partial charge >= 0.3 is 5.97 Å². The summed E-state index contributed by atoms with van der Waals surface area (Å²) in [6, 6.07) is 1.89. The van der Waals surface area contributed by atoms with Crippen LogP contribution in [0.1, 0.15) is 63.3 Å². The molecule has 0 atom stereocenters. The number of hydrogen-bond acceptors (Lipinski definition) is 3. The van der Waals surface area contributed by atoms with Gasteiger partial charge in [-0.25, -0.2) is 4.79 Å². The van der Waals surface area contributed by atoms with Gasteiger partial charge in [-0.05, 0) is 26.3 Å². The minimum atomic E-state index is -0.198. The second-order valence-electron chi connectivity index (χ2n) is 4.78. The molecule has 0 aliphatic rings. The molecule has 0 saturated heterocycles. The van der Waals surface area contributed by atoms with Crippen molar-refractivity contribution in [3.05, 3.63) is 17.5 Å². The molecular formula is C14H24CuN2O2. The van der Waals surface area contributed by atoms with Gasteiger partial charge in [0.1, 0.15) is 0 Å². The molecule has 113 valence electrons. The van der Waals surface area contributed by atoms with Crippen LogP contribution in [0.25, 0.3) is 0 Å². The Morgan fingerprint density at radius 1 is 1.21 bits per heavy atom. The summed E-state index contributed by atoms with van der Waals surface area (Å²) in [4.78, 5) is 18.1. The molecule has 0 aliphatic heterocycles. The molecule has 1 aromatic rings. The first kappa shape index (κ1) is 18.2. The van der Waals surface area contributed by atoms with E-state index in [1.165, 1.54) is 30.5 Å². The van der Waals surface area contributed by atoms with Crippen LogP contribution in [-0.4, -0.2) is 15.9 Å². The normalized spacial score (nSPS) is 10.1. The molecule has 4 nitrogen and oxygen atoms in total. The topological polar surface area (TPSA) is 44.1 Å². The van der Waals surface area contributed by atoms with Crippen molar-refractivity contribution in [1.82, 2.24) is 9.94 Å². The fraction of sp³-hybridized carbons (Fsp3) is 0.714. The van der Waals surface area contributed by atoms with Crippen LogP contribution in [0.15, 0.2) is 6.07 Å². The van der Waals surface area contributed by atoms with Crippen LogP contribution in [0.3, 0.4) is 0 Å². The summed E-state index contributed by atoms with van der Waals surface area (Å²) in [7, 11) is 0. The number of aryl methyl sites for hydroxylation is 2. The van der Waals surface area contributed by atoms with Crippen molar-refractivity contribution >= 4 is 5.97 Å². The molecule has 1 aromatic heterocycles. The van der Waals surface area contributed by atoms with Crippen LogP contribution in [0.5, 0.6) is 0 Å². The quantitative estimate of drug-likeness (QED) is 0.546. The zero-order valence-corrected chi connectivity index (χ0v) is 13.0. The molecule has 1 rings (SSSR count). The third-order valence-electron chi connectivity index (χ3n) is 2.89. The Labute approximate surface area is 126 Å². The number of aromatic nitrogens is 2. The molecule has 0 unspecified atom stereocenters. The Balaban J connectivity index is 0.00000324. The monoisotopic (exact) mass is 315 g/mol. The van der Waals surface area contributed by atoms with Crippen molar-refractivity contribution in [3.63, 3.8) is 0 Å². The molecule has 0 saturated carbocycles. The Hall–Kier alpha value is -0.801. The van der Waals surface area contributed by atoms with Crippen molar-refractivity contribution in [2.75, 3.05) is 0 Å². The van der Waals surface area contributed by atoms with E-state index in [1.54, 1.807) is 0 Å². The van der Waals surface area contributed by atoms with Crippen molar-refractivity contribution in [2.45, 2.75) is 65.7 Å². The van der Waals surface area contributed by atoms with Gasteiger partial charge < -0.3 is 4.84 Å². The summed E-state index contributed by atoms with van der Waals surface area (Å²) < 4.78 is 0. The minimum absolute atomic E-state index is 0. The Morgan fingerprint density at radius 2 is 1.84 bits per heavy atom. The van der Waals surface area contributed by atoms with Gasteiger partial charge in [-0.2, -0.15) is 0 Å². The number of carbonyl (C=O) groups excluding carboxylic acids is 1. The van der Waals surface area contributed by atoms with Gasteiger partial charge in [0, 0.05) is 23.5 Å². The summed E-state index contributed by atoms with van der Waals surface area (Å²) >= 11 is 0. The van der Waals surface area contributed by atoms with Gasteiger partial charge in [-0.3, -0.25) is 0 Å². The molecule has 0 aliphatic carbocycles. The van der Waals surface area contributed by atoms with Crippen LogP contribution >= 0.6 is 0 Å². The van der Waals surface area contributed by atoms with Crippen LogP contribution in [-0.2, 0) is 21.9 Å². The fourth-order valence-electron chi connectivity index (χ4n) is 1.89. The van der Waals surface area contributed by atoms with E-state index in [9.17, 15) is 4.79 Å². The molecule has 0 aromatic carbocycles. The van der Waals surface area contributed by atoms with Crippen LogP contribution < -0.4 is 4.84 Å². The van der Waals surface area contributed by atoms with Gasteiger partial charge in [0.15, 0.2) is 0 Å². The van der Waals surface area contributed by atoms with E-state index >= 15 is 0 Å². The molecule has 0 N–H and O–H groups in total. The molecule has 1 radical (unpaired) electrons. The van der Waals surface area contributed by atoms with Gasteiger partial charge in [0.25, 0.3) is 0 Å². The molecule has 0 spiro atoms. The van der Waals surface area contributed by atoms with Crippen molar-refractivity contribution in [2.24, 2.45) is 0 Å². The third-order valence-corrected chi connectivity index (χ3v) is 2.89. The number of unbranched alkanes of at least 4 members (excludes halogenated alkanes) is 5. The van der Waals surface area contributed by atoms with Gasteiger partial charge in [0.2, 0.25) is 0 Å². The molecular weight excluding hydrogens is 292 g/mol. The first-order valence-corrected chi connectivity index (χ1v) is 6.88. The predicted molar refractivity (Wildman–Crippen MR) is 71.3 cm³/mol. The maximum atomic E-state index is 11.6. The van der Waals surface area contributed by atoms with Gasteiger partial charge in [-0.1, -0.05) is 43.9 Å². The summed E-state index contributed by atoms with van der Waals surface area (Å²) in [6.45, 7) is 5.95. The second-order valence-corrected chi connectivity index (χ2v) is 4.78. The molecule has 0 fully saturated rings. The van der Waals surface area contributed by atoms with E-state index in [0.717, 1.165) is 24.2 Å². The largest absolute Gasteiger partial charge is 0.334 e. The number of rotatable bonds is 8. The zero-order chi connectivity index (χ0) is 13.4. The summed E-state index contributed by atoms with van der Waals surface area (Å²) in [5, 5.41) is 4.09. The first-order chi connectivity index (χ1) is 8.63. The van der Waals surface area contributed by atoms with Crippen molar-refractivity contribution in [3.8, 4) is 0 Å². The Bertz CT molecular complexity index is 378. The first-order valence-electron chi connectivity index (χ1n) is 6.88. The standard InChI is InChI=1S/C14H24N2O2.Cu/c1-4-5-6-7-8-9-10-14(17)18-16-13(3)11-12(2)15-16;/h11H,4-10H2,1-3H3;. The second kappa shape index (κ2) is 10.0. The van der Waals surface area contributed by atoms with E-state index in [2.05, 4.69) is 12.0 Å². The fourth-order valence-corrected chi connectivity index (χ4v) is 1.89.